The number of carbonyl (C=O) groups is 1. The first kappa shape index (κ1) is 53.2. The smallest absolute Gasteiger partial charge is 0.293 e. The van der Waals surface area contributed by atoms with Gasteiger partial charge in [-0.1, -0.05) is 179 Å². The Morgan fingerprint density at radius 2 is 1.56 bits per heavy atom. The van der Waals surface area contributed by atoms with Gasteiger partial charge in [-0.25, -0.2) is 0 Å². The van der Waals surface area contributed by atoms with Crippen LogP contribution in [0.15, 0.2) is 125 Å². The zero-order valence-electron chi connectivity index (χ0n) is 34.3. The molecule has 3 rings (SSSR count). The third kappa shape index (κ3) is 24.2. The first-order valence-corrected chi connectivity index (χ1v) is 19.8. The molecule has 0 heterocycles. The van der Waals surface area contributed by atoms with E-state index in [1.807, 2.05) is 58.1 Å². The molecule has 0 unspecified atom stereocenters. The molecule has 52 heavy (non-hydrogen) atoms. The number of allylic oxidation sites excluding steroid dienone is 8. The number of benzene rings is 3. The van der Waals surface area contributed by atoms with Crippen LogP contribution in [0, 0.1) is 20.8 Å². The predicted molar refractivity (Wildman–Crippen MR) is 241 cm³/mol. The van der Waals surface area contributed by atoms with Gasteiger partial charge in [0.05, 0.1) is 5.02 Å². The number of aryl methyl sites for hydroxylation is 2. The average molecular weight is 815 g/mol. The summed E-state index contributed by atoms with van der Waals surface area (Å²) in [4.78, 5) is 10.2. The second kappa shape index (κ2) is 33.7. The van der Waals surface area contributed by atoms with Crippen molar-refractivity contribution in [3.05, 3.63) is 152 Å². The van der Waals surface area contributed by atoms with Gasteiger partial charge < -0.3 is 4.74 Å². The summed E-state index contributed by atoms with van der Waals surface area (Å²) in [6.45, 7) is 35.7. The van der Waals surface area contributed by atoms with E-state index in [4.69, 9.17) is 27.9 Å². The Balaban J connectivity index is -0.000000666. The Hall–Kier alpha value is -3.11. The van der Waals surface area contributed by atoms with Gasteiger partial charge >= 0.3 is 0 Å². The second-order valence-electron chi connectivity index (χ2n) is 12.0. The van der Waals surface area contributed by atoms with E-state index in [-0.39, 0.29) is 0 Å². The Kier molecular flexibility index (Phi) is 34.5. The van der Waals surface area contributed by atoms with Gasteiger partial charge in [-0.05, 0) is 105 Å². The normalized spacial score (nSPS) is 11.0. The zero-order chi connectivity index (χ0) is 40.6. The van der Waals surface area contributed by atoms with Gasteiger partial charge in [-0.3, -0.25) is 4.79 Å². The molecular weight excluding hydrogens is 747 g/mol. The largest absolute Gasteiger partial charge is 0.463 e. The highest BCUT2D eigenvalue weighted by atomic mass is 79.9. The second-order valence-corrected chi connectivity index (χ2v) is 13.7. The lowest BCUT2D eigenvalue weighted by molar-refractivity contribution is -0.127. The van der Waals surface area contributed by atoms with Gasteiger partial charge in [0.1, 0.15) is 6.61 Å². The Morgan fingerprint density at radius 3 is 2.06 bits per heavy atom. The van der Waals surface area contributed by atoms with E-state index in [9.17, 15) is 4.79 Å². The van der Waals surface area contributed by atoms with Crippen LogP contribution in [0.25, 0.3) is 10.8 Å². The van der Waals surface area contributed by atoms with E-state index in [2.05, 4.69) is 140 Å². The fourth-order valence-electron chi connectivity index (χ4n) is 4.22. The Morgan fingerprint density at radius 1 is 0.981 bits per heavy atom. The molecule has 0 saturated carbocycles. The van der Waals surface area contributed by atoms with Gasteiger partial charge in [0.2, 0.25) is 0 Å². The van der Waals surface area contributed by atoms with Crippen LogP contribution in [0.2, 0.25) is 5.02 Å². The lowest BCUT2D eigenvalue weighted by Gasteiger charge is -2.07. The van der Waals surface area contributed by atoms with E-state index in [0.717, 1.165) is 38.9 Å². The number of ether oxygens (including phenoxy) is 1. The molecule has 0 radical (unpaired) electrons. The van der Waals surface area contributed by atoms with Crippen molar-refractivity contribution in [2.24, 2.45) is 0 Å². The SMILES string of the molecule is C=C.C=C(C/C=C(\C=C(/C)COC=O)CCC)/C(Cl)=C\C=C/C.CC.CCC.Cc1cc2cc(Br)ccc2c(Cl)c1C.Cc1ccc(C(C)C)cc1. The van der Waals surface area contributed by atoms with Crippen molar-refractivity contribution < 1.29 is 9.53 Å². The fraction of sp³-hybridized carbons (Fsp3) is 0.383. The van der Waals surface area contributed by atoms with Crippen molar-refractivity contribution in [1.82, 2.24) is 0 Å². The molecule has 0 spiro atoms. The highest BCUT2D eigenvalue weighted by molar-refractivity contribution is 9.10. The minimum atomic E-state index is 0.327. The van der Waals surface area contributed by atoms with E-state index >= 15 is 0 Å². The summed E-state index contributed by atoms with van der Waals surface area (Å²) < 4.78 is 5.84. The molecule has 0 fully saturated rings. The van der Waals surface area contributed by atoms with Crippen LogP contribution in [0.3, 0.4) is 0 Å². The molecule has 288 valence electrons. The summed E-state index contributed by atoms with van der Waals surface area (Å²) in [7, 11) is 0. The quantitative estimate of drug-likeness (QED) is 0.109. The zero-order valence-corrected chi connectivity index (χ0v) is 37.4. The topological polar surface area (TPSA) is 26.3 Å². The summed E-state index contributed by atoms with van der Waals surface area (Å²) in [5.41, 5.74) is 8.28. The maximum Gasteiger partial charge on any atom is 0.293 e. The third-order valence-corrected chi connectivity index (χ3v) is 8.39. The molecule has 0 aliphatic carbocycles. The van der Waals surface area contributed by atoms with Crippen LogP contribution in [-0.4, -0.2) is 13.1 Å². The number of rotatable bonds is 11. The minimum Gasteiger partial charge on any atom is -0.463 e. The number of carbonyl (C=O) groups excluding carboxylic acids is 1. The predicted octanol–water partition coefficient (Wildman–Crippen LogP) is 16.7. The molecule has 0 saturated heterocycles. The van der Waals surface area contributed by atoms with Gasteiger partial charge in [0.25, 0.3) is 6.47 Å². The number of hydrogen-bond acceptors (Lipinski definition) is 2. The van der Waals surface area contributed by atoms with Crippen LogP contribution in [0.1, 0.15) is 116 Å². The van der Waals surface area contributed by atoms with Crippen LogP contribution in [-0.2, 0) is 9.53 Å². The number of halogens is 3. The fourth-order valence-corrected chi connectivity index (χ4v) is 5.07. The molecule has 0 aliphatic heterocycles. The van der Waals surface area contributed by atoms with E-state index in [1.165, 1.54) is 39.6 Å². The van der Waals surface area contributed by atoms with E-state index < -0.39 is 0 Å². The van der Waals surface area contributed by atoms with Crippen LogP contribution in [0.5, 0.6) is 0 Å². The van der Waals surface area contributed by atoms with Crippen LogP contribution >= 0.6 is 39.1 Å². The lowest BCUT2D eigenvalue weighted by atomic mass is 10.0. The van der Waals surface area contributed by atoms with Crippen molar-refractivity contribution in [3.63, 3.8) is 0 Å². The highest BCUT2D eigenvalue weighted by Gasteiger charge is 2.05. The summed E-state index contributed by atoms with van der Waals surface area (Å²) >= 11 is 15.9. The first-order chi connectivity index (χ1) is 24.7. The minimum absolute atomic E-state index is 0.327. The molecule has 0 atom stereocenters. The molecule has 5 heteroatoms. The summed E-state index contributed by atoms with van der Waals surface area (Å²) in [6, 6.07) is 17.0. The monoisotopic (exact) mass is 812 g/mol. The number of hydrogen-bond donors (Lipinski definition) is 0. The Bertz CT molecular complexity index is 1540. The van der Waals surface area contributed by atoms with Crippen molar-refractivity contribution in [2.45, 2.75) is 115 Å². The van der Waals surface area contributed by atoms with E-state index in [1.54, 1.807) is 0 Å². The highest BCUT2D eigenvalue weighted by Crippen LogP contribution is 2.31. The summed E-state index contributed by atoms with van der Waals surface area (Å²) in [5, 5.41) is 3.85. The summed E-state index contributed by atoms with van der Waals surface area (Å²) in [6.07, 6.45) is 13.8. The molecule has 0 aliphatic rings. The van der Waals surface area contributed by atoms with E-state index in [0.29, 0.717) is 30.5 Å². The van der Waals surface area contributed by atoms with Gasteiger partial charge in [0, 0.05) is 14.9 Å². The molecule has 3 aromatic carbocycles. The maximum atomic E-state index is 10.2. The van der Waals surface area contributed by atoms with Gasteiger partial charge in [-0.15, -0.1) is 13.2 Å². The van der Waals surface area contributed by atoms with Crippen molar-refractivity contribution >= 4 is 56.4 Å². The molecule has 2 nitrogen and oxygen atoms in total. The standard InChI is InChI=1S/C18H25ClO2.C12H10BrCl.C10H14.C3H8.C2H6.C2H4/c1-5-7-9-18(19)16(4)10-11-17(8-6-2)12-15(3)13-21-14-20;1-7-5-9-6-10(13)3-4-11(9)12(14)8(7)2;1-8(2)10-6-4-9(3)5-7-10;1-3-2;2*1-2/h5,7,9,11-12,14H,4,6,8,10,13H2,1-3H3;3-6H,1-2H3;4-8H,1-3H3;3H2,1-2H3;1-2H3;1-2H2/b7-5-,15-12+,17-11-,18-9+;;;;;. The molecular formula is C47H67BrCl2O2. The van der Waals surface area contributed by atoms with Crippen LogP contribution < -0.4 is 0 Å². The first-order valence-electron chi connectivity index (χ1n) is 18.2. The Labute approximate surface area is 337 Å². The number of fused-ring (bicyclic) bond motifs is 1. The van der Waals surface area contributed by atoms with Crippen LogP contribution in [0.4, 0.5) is 0 Å². The van der Waals surface area contributed by atoms with Crippen molar-refractivity contribution in [1.29, 1.82) is 0 Å². The third-order valence-electron chi connectivity index (χ3n) is 7.02. The summed E-state index contributed by atoms with van der Waals surface area (Å²) in [5.74, 6) is 0.653. The van der Waals surface area contributed by atoms with Crippen molar-refractivity contribution in [2.75, 3.05) is 6.61 Å². The average Bonchev–Trinajstić information content (AvgIpc) is 3.13. The molecule has 0 N–H and O–H groups in total. The molecule has 0 aromatic heterocycles. The molecule has 0 bridgehead atoms. The van der Waals surface area contributed by atoms with Crippen molar-refractivity contribution in [3.8, 4) is 0 Å². The molecule has 0 amide bonds. The maximum absolute atomic E-state index is 10.2. The lowest BCUT2D eigenvalue weighted by Crippen LogP contribution is -1.94. The van der Waals surface area contributed by atoms with Gasteiger partial charge in [0.15, 0.2) is 0 Å². The van der Waals surface area contributed by atoms with Gasteiger partial charge in [-0.2, -0.15) is 0 Å². The molecule has 3 aromatic rings.